The van der Waals surface area contributed by atoms with Gasteiger partial charge in [0, 0.05) is 36.1 Å². The summed E-state index contributed by atoms with van der Waals surface area (Å²) in [5.41, 5.74) is -0.0443. The van der Waals surface area contributed by atoms with Crippen molar-refractivity contribution in [2.45, 2.75) is 37.0 Å². The number of hydrogen-bond donors (Lipinski definition) is 0. The molecule has 1 aromatic carbocycles. The van der Waals surface area contributed by atoms with Crippen LogP contribution in [0.15, 0.2) is 35.8 Å². The number of carbonyl (C=O) groups is 1. The lowest BCUT2D eigenvalue weighted by Gasteiger charge is -2.34. The Morgan fingerprint density at radius 2 is 2.17 bits per heavy atom. The maximum Gasteiger partial charge on any atom is 0.233 e. The molecule has 0 N–H and O–H groups in total. The standard InChI is InChI=1S/C18H19FN2OS/c19-15-6-2-1-5-14(15)18(7-8-18)17(22)21-10-3-4-13(12-21)16-20-9-11-23-16/h1-2,5-6,9,11,13H,3-4,7-8,10,12H2. The zero-order valence-corrected chi connectivity index (χ0v) is 13.7. The Kier molecular flexibility index (Phi) is 3.68. The van der Waals surface area contributed by atoms with Crippen molar-refractivity contribution in [3.63, 3.8) is 0 Å². The predicted molar refractivity (Wildman–Crippen MR) is 88.0 cm³/mol. The third kappa shape index (κ3) is 2.57. The van der Waals surface area contributed by atoms with E-state index in [1.54, 1.807) is 23.5 Å². The number of thiazole rings is 1. The van der Waals surface area contributed by atoms with Gasteiger partial charge < -0.3 is 4.90 Å². The minimum Gasteiger partial charge on any atom is -0.341 e. The summed E-state index contributed by atoms with van der Waals surface area (Å²) in [6, 6.07) is 6.72. The molecule has 4 rings (SSSR count). The minimum atomic E-state index is -0.615. The van der Waals surface area contributed by atoms with E-state index in [0.717, 1.165) is 37.2 Å². The van der Waals surface area contributed by atoms with Crippen LogP contribution in [0.2, 0.25) is 0 Å². The van der Waals surface area contributed by atoms with Gasteiger partial charge in [-0.2, -0.15) is 0 Å². The van der Waals surface area contributed by atoms with Crippen molar-refractivity contribution in [3.8, 4) is 0 Å². The van der Waals surface area contributed by atoms with E-state index < -0.39 is 5.41 Å². The molecule has 1 aliphatic carbocycles. The fourth-order valence-corrected chi connectivity index (χ4v) is 4.44. The Balaban J connectivity index is 1.56. The summed E-state index contributed by atoms with van der Waals surface area (Å²) >= 11 is 1.66. The second kappa shape index (κ2) is 5.71. The lowest BCUT2D eigenvalue weighted by molar-refractivity contribution is -0.135. The first-order valence-electron chi connectivity index (χ1n) is 8.14. The molecule has 0 radical (unpaired) electrons. The van der Waals surface area contributed by atoms with Crippen LogP contribution in [-0.2, 0) is 10.2 Å². The van der Waals surface area contributed by atoms with E-state index in [4.69, 9.17) is 0 Å². The number of piperidine rings is 1. The van der Waals surface area contributed by atoms with Gasteiger partial charge in [0.1, 0.15) is 5.82 Å². The van der Waals surface area contributed by atoms with Gasteiger partial charge in [0.25, 0.3) is 0 Å². The van der Waals surface area contributed by atoms with Gasteiger partial charge in [0.2, 0.25) is 5.91 Å². The highest BCUT2D eigenvalue weighted by atomic mass is 32.1. The fraction of sp³-hybridized carbons (Fsp3) is 0.444. The quantitative estimate of drug-likeness (QED) is 0.859. The summed E-state index contributed by atoms with van der Waals surface area (Å²) in [7, 11) is 0. The van der Waals surface area contributed by atoms with Crippen LogP contribution in [0.25, 0.3) is 0 Å². The van der Waals surface area contributed by atoms with Crippen LogP contribution in [0.3, 0.4) is 0 Å². The summed E-state index contributed by atoms with van der Waals surface area (Å²) in [5.74, 6) is 0.166. The topological polar surface area (TPSA) is 33.2 Å². The molecule has 3 nitrogen and oxygen atoms in total. The normalized spacial score (nSPS) is 22.8. The van der Waals surface area contributed by atoms with Gasteiger partial charge in [-0.1, -0.05) is 18.2 Å². The lowest BCUT2D eigenvalue weighted by atomic mass is 9.91. The maximum absolute atomic E-state index is 14.2. The molecule has 1 saturated heterocycles. The molecule has 1 saturated carbocycles. The SMILES string of the molecule is O=C(N1CCCC(c2nccs2)C1)C1(c2ccccc2F)CC1. The van der Waals surface area contributed by atoms with Crippen molar-refractivity contribution < 1.29 is 9.18 Å². The summed E-state index contributed by atoms with van der Waals surface area (Å²) < 4.78 is 14.2. The Labute approximate surface area is 139 Å². The number of hydrogen-bond acceptors (Lipinski definition) is 3. The van der Waals surface area contributed by atoms with Gasteiger partial charge in [-0.05, 0) is 31.7 Å². The van der Waals surface area contributed by atoms with Crippen molar-refractivity contribution in [3.05, 3.63) is 52.2 Å². The van der Waals surface area contributed by atoms with Crippen molar-refractivity contribution in [1.29, 1.82) is 0 Å². The van der Waals surface area contributed by atoms with E-state index >= 15 is 0 Å². The van der Waals surface area contributed by atoms with E-state index in [-0.39, 0.29) is 11.7 Å². The van der Waals surface area contributed by atoms with E-state index in [1.807, 2.05) is 22.5 Å². The van der Waals surface area contributed by atoms with Crippen LogP contribution in [-0.4, -0.2) is 28.9 Å². The number of rotatable bonds is 3. The largest absolute Gasteiger partial charge is 0.341 e. The van der Waals surface area contributed by atoms with Gasteiger partial charge in [-0.15, -0.1) is 11.3 Å². The van der Waals surface area contributed by atoms with Gasteiger partial charge in [-0.25, -0.2) is 9.37 Å². The average molecular weight is 330 g/mol. The molecule has 120 valence electrons. The van der Waals surface area contributed by atoms with Crippen molar-refractivity contribution in [1.82, 2.24) is 9.88 Å². The Bertz CT molecular complexity index is 712. The molecule has 2 heterocycles. The molecule has 1 aromatic heterocycles. The summed E-state index contributed by atoms with van der Waals surface area (Å²) in [5, 5.41) is 3.09. The molecule has 1 unspecified atom stereocenters. The molecule has 0 bridgehead atoms. The monoisotopic (exact) mass is 330 g/mol. The molecule has 1 amide bonds. The van der Waals surface area contributed by atoms with E-state index in [9.17, 15) is 9.18 Å². The lowest BCUT2D eigenvalue weighted by Crippen LogP contribution is -2.44. The number of amides is 1. The summed E-state index contributed by atoms with van der Waals surface area (Å²) in [6.07, 6.45) is 5.40. The van der Waals surface area contributed by atoms with Crippen LogP contribution in [0, 0.1) is 5.82 Å². The molecule has 5 heteroatoms. The number of aromatic nitrogens is 1. The highest BCUT2D eigenvalue weighted by molar-refractivity contribution is 7.09. The predicted octanol–water partition coefficient (Wildman–Crippen LogP) is 3.72. The zero-order valence-electron chi connectivity index (χ0n) is 12.9. The molecule has 2 fully saturated rings. The van der Waals surface area contributed by atoms with E-state index in [2.05, 4.69) is 4.98 Å². The van der Waals surface area contributed by atoms with E-state index in [1.165, 1.54) is 6.07 Å². The number of carbonyl (C=O) groups excluding carboxylic acids is 1. The smallest absolute Gasteiger partial charge is 0.233 e. The second-order valence-electron chi connectivity index (χ2n) is 6.52. The van der Waals surface area contributed by atoms with Crippen LogP contribution < -0.4 is 0 Å². The van der Waals surface area contributed by atoms with Crippen LogP contribution in [0.4, 0.5) is 4.39 Å². The van der Waals surface area contributed by atoms with Crippen molar-refractivity contribution in [2.75, 3.05) is 13.1 Å². The molecule has 1 atom stereocenters. The molecular formula is C18H19FN2OS. The fourth-order valence-electron chi connectivity index (χ4n) is 3.67. The van der Waals surface area contributed by atoms with Gasteiger partial charge >= 0.3 is 0 Å². The third-order valence-electron chi connectivity index (χ3n) is 5.06. The van der Waals surface area contributed by atoms with Crippen molar-refractivity contribution in [2.24, 2.45) is 0 Å². The molecule has 2 aromatic rings. The number of nitrogens with zero attached hydrogens (tertiary/aromatic N) is 2. The highest BCUT2D eigenvalue weighted by Gasteiger charge is 2.54. The zero-order chi connectivity index (χ0) is 15.9. The molecule has 2 aliphatic rings. The average Bonchev–Trinajstić information content (AvgIpc) is 3.20. The highest BCUT2D eigenvalue weighted by Crippen LogP contribution is 2.51. The van der Waals surface area contributed by atoms with E-state index in [0.29, 0.717) is 18.0 Å². The van der Waals surface area contributed by atoms with Crippen molar-refractivity contribution >= 4 is 17.2 Å². The number of likely N-dealkylation sites (tertiary alicyclic amines) is 1. The van der Waals surface area contributed by atoms with Gasteiger partial charge in [-0.3, -0.25) is 4.79 Å². The first-order chi connectivity index (χ1) is 11.2. The first-order valence-corrected chi connectivity index (χ1v) is 9.02. The molecule has 23 heavy (non-hydrogen) atoms. The number of benzene rings is 1. The number of halogens is 1. The third-order valence-corrected chi connectivity index (χ3v) is 6.00. The molecule has 0 spiro atoms. The Hall–Kier alpha value is -1.75. The summed E-state index contributed by atoms with van der Waals surface area (Å²) in [4.78, 5) is 19.4. The van der Waals surface area contributed by atoms with Crippen LogP contribution >= 0.6 is 11.3 Å². The minimum absolute atomic E-state index is 0.101. The second-order valence-corrected chi connectivity index (χ2v) is 7.45. The Morgan fingerprint density at radius 1 is 1.35 bits per heavy atom. The molecular weight excluding hydrogens is 311 g/mol. The van der Waals surface area contributed by atoms with Gasteiger partial charge in [0.15, 0.2) is 0 Å². The Morgan fingerprint density at radius 3 is 2.87 bits per heavy atom. The summed E-state index contributed by atoms with van der Waals surface area (Å²) in [6.45, 7) is 1.49. The maximum atomic E-state index is 14.2. The molecule has 1 aliphatic heterocycles. The van der Waals surface area contributed by atoms with Gasteiger partial charge in [0.05, 0.1) is 10.4 Å². The van der Waals surface area contributed by atoms with Crippen LogP contribution in [0.1, 0.15) is 42.2 Å². The van der Waals surface area contributed by atoms with Crippen LogP contribution in [0.5, 0.6) is 0 Å². The first kappa shape index (κ1) is 14.8.